The van der Waals surface area contributed by atoms with Crippen molar-refractivity contribution >= 4 is 22.5 Å². The predicted molar refractivity (Wildman–Crippen MR) is 85.7 cm³/mol. The number of hydrogen-bond donors (Lipinski definition) is 2. The van der Waals surface area contributed by atoms with Gasteiger partial charge in [0, 0.05) is 30.2 Å². The summed E-state index contributed by atoms with van der Waals surface area (Å²) in [6.45, 7) is 4.01. The van der Waals surface area contributed by atoms with Crippen molar-refractivity contribution in [1.82, 2.24) is 20.0 Å². The first-order valence-corrected chi connectivity index (χ1v) is 7.26. The van der Waals surface area contributed by atoms with Crippen LogP contribution in [0.4, 0.5) is 5.69 Å². The number of fused-ring (bicyclic) bond motifs is 1. The summed E-state index contributed by atoms with van der Waals surface area (Å²) in [5, 5.41) is 15.2. The van der Waals surface area contributed by atoms with Crippen LogP contribution < -0.4 is 5.32 Å². The molecule has 1 aromatic carbocycles. The van der Waals surface area contributed by atoms with Crippen molar-refractivity contribution in [2.45, 2.75) is 26.7 Å². The highest BCUT2D eigenvalue weighted by molar-refractivity contribution is 5.93. The van der Waals surface area contributed by atoms with E-state index in [1.165, 1.54) is 0 Å². The van der Waals surface area contributed by atoms with Crippen molar-refractivity contribution < 1.29 is 4.79 Å². The van der Waals surface area contributed by atoms with Crippen molar-refractivity contribution in [3.05, 3.63) is 41.3 Å². The lowest BCUT2D eigenvalue weighted by Gasteiger charge is -2.06. The van der Waals surface area contributed by atoms with Crippen LogP contribution in [0.2, 0.25) is 0 Å². The number of aryl methyl sites for hydroxylation is 2. The zero-order valence-corrected chi connectivity index (χ0v) is 13.0. The number of anilines is 1. The number of aromatic amines is 1. The first kappa shape index (κ1) is 14.3. The average Bonchev–Trinajstić information content (AvgIpc) is 3.02. The lowest BCUT2D eigenvalue weighted by Crippen LogP contribution is -2.12. The fraction of sp³-hybridized carbons (Fsp3) is 0.312. The van der Waals surface area contributed by atoms with Crippen LogP contribution in [0.1, 0.15) is 23.4 Å². The summed E-state index contributed by atoms with van der Waals surface area (Å²) in [7, 11) is 1.92. The third kappa shape index (κ3) is 2.72. The molecule has 0 spiro atoms. The Kier molecular flexibility index (Phi) is 3.66. The number of aromatic nitrogens is 4. The molecular formula is C16H19N5O. The van der Waals surface area contributed by atoms with Gasteiger partial charge in [0.1, 0.15) is 0 Å². The van der Waals surface area contributed by atoms with E-state index in [9.17, 15) is 4.79 Å². The van der Waals surface area contributed by atoms with Crippen molar-refractivity contribution in [2.75, 3.05) is 5.32 Å². The quantitative estimate of drug-likeness (QED) is 0.777. The molecule has 0 saturated carbocycles. The lowest BCUT2D eigenvalue weighted by molar-refractivity contribution is -0.116. The van der Waals surface area contributed by atoms with Crippen molar-refractivity contribution in [3.63, 3.8) is 0 Å². The molecule has 0 aliphatic heterocycles. The van der Waals surface area contributed by atoms with E-state index in [2.05, 4.69) is 20.6 Å². The van der Waals surface area contributed by atoms with Gasteiger partial charge in [0.25, 0.3) is 0 Å². The molecule has 0 aliphatic rings. The van der Waals surface area contributed by atoms with Crippen LogP contribution >= 0.6 is 0 Å². The Bertz CT molecular complexity index is 830. The van der Waals surface area contributed by atoms with Crippen molar-refractivity contribution in [1.29, 1.82) is 0 Å². The number of carbonyl (C=O) groups excluding carboxylic acids is 1. The summed E-state index contributed by atoms with van der Waals surface area (Å²) < 4.78 is 1.86. The van der Waals surface area contributed by atoms with Gasteiger partial charge >= 0.3 is 0 Å². The molecular weight excluding hydrogens is 278 g/mol. The van der Waals surface area contributed by atoms with E-state index in [0.717, 1.165) is 33.5 Å². The van der Waals surface area contributed by atoms with Crippen molar-refractivity contribution in [2.24, 2.45) is 7.05 Å². The molecule has 3 rings (SSSR count). The largest absolute Gasteiger partial charge is 0.326 e. The second-order valence-corrected chi connectivity index (χ2v) is 5.49. The summed E-state index contributed by atoms with van der Waals surface area (Å²) >= 11 is 0. The highest BCUT2D eigenvalue weighted by Crippen LogP contribution is 2.18. The minimum absolute atomic E-state index is 0.00141. The van der Waals surface area contributed by atoms with Crippen LogP contribution in [0.3, 0.4) is 0 Å². The molecule has 0 unspecified atom stereocenters. The number of nitrogens with zero attached hydrogens (tertiary/aromatic N) is 3. The summed E-state index contributed by atoms with van der Waals surface area (Å²) in [5.74, 6) is 0.00141. The Balaban J connectivity index is 1.64. The summed E-state index contributed by atoms with van der Waals surface area (Å²) in [6, 6.07) is 5.71. The Morgan fingerprint density at radius 3 is 2.91 bits per heavy atom. The molecule has 114 valence electrons. The molecule has 0 saturated heterocycles. The normalized spacial score (nSPS) is 11.0. The maximum absolute atomic E-state index is 12.1. The standard InChI is InChI=1S/C16H19N5O/c1-10-14(11(2)21(3)20-10)6-7-16(22)18-13-5-4-12-9-17-19-15(12)8-13/h4-5,8-9H,6-7H2,1-3H3,(H,17,19)(H,18,22). The maximum Gasteiger partial charge on any atom is 0.224 e. The van der Waals surface area contributed by atoms with Gasteiger partial charge in [-0.05, 0) is 44.0 Å². The van der Waals surface area contributed by atoms with Gasteiger partial charge in [-0.1, -0.05) is 0 Å². The second kappa shape index (κ2) is 5.63. The minimum Gasteiger partial charge on any atom is -0.326 e. The smallest absolute Gasteiger partial charge is 0.224 e. The molecule has 2 heterocycles. The molecule has 0 bridgehead atoms. The fourth-order valence-electron chi connectivity index (χ4n) is 2.66. The molecule has 2 N–H and O–H groups in total. The molecule has 6 nitrogen and oxygen atoms in total. The minimum atomic E-state index is 0.00141. The third-order valence-electron chi connectivity index (χ3n) is 3.99. The first-order chi connectivity index (χ1) is 10.5. The molecule has 1 amide bonds. The number of benzene rings is 1. The van der Waals surface area contributed by atoms with Gasteiger partial charge < -0.3 is 5.32 Å². The molecule has 22 heavy (non-hydrogen) atoms. The maximum atomic E-state index is 12.1. The van der Waals surface area contributed by atoms with Gasteiger partial charge in [0.2, 0.25) is 5.91 Å². The summed E-state index contributed by atoms with van der Waals surface area (Å²) in [6.07, 6.45) is 2.90. The fourth-order valence-corrected chi connectivity index (χ4v) is 2.66. The van der Waals surface area contributed by atoms with E-state index in [4.69, 9.17) is 0 Å². The van der Waals surface area contributed by atoms with E-state index in [0.29, 0.717) is 12.8 Å². The predicted octanol–water partition coefficient (Wildman–Crippen LogP) is 2.48. The summed E-state index contributed by atoms with van der Waals surface area (Å²) in [4.78, 5) is 12.1. The number of rotatable bonds is 4. The zero-order valence-electron chi connectivity index (χ0n) is 13.0. The van der Waals surface area contributed by atoms with Gasteiger partial charge in [0.15, 0.2) is 0 Å². The molecule has 0 aliphatic carbocycles. The van der Waals surface area contributed by atoms with Gasteiger partial charge in [-0.3, -0.25) is 14.6 Å². The molecule has 0 atom stereocenters. The Morgan fingerprint density at radius 2 is 2.18 bits per heavy atom. The summed E-state index contributed by atoms with van der Waals surface area (Å²) in [5.41, 5.74) is 4.95. The monoisotopic (exact) mass is 297 g/mol. The average molecular weight is 297 g/mol. The lowest BCUT2D eigenvalue weighted by atomic mass is 10.1. The second-order valence-electron chi connectivity index (χ2n) is 5.49. The van der Waals surface area contributed by atoms with Crippen LogP contribution in [0, 0.1) is 13.8 Å². The molecule has 6 heteroatoms. The molecule has 2 aromatic heterocycles. The van der Waals surface area contributed by atoms with E-state index >= 15 is 0 Å². The van der Waals surface area contributed by atoms with Gasteiger partial charge in [0.05, 0.1) is 17.4 Å². The number of carbonyl (C=O) groups is 1. The number of hydrogen-bond acceptors (Lipinski definition) is 3. The third-order valence-corrected chi connectivity index (χ3v) is 3.99. The van der Waals surface area contributed by atoms with Gasteiger partial charge in [-0.25, -0.2) is 0 Å². The highest BCUT2D eigenvalue weighted by Gasteiger charge is 2.11. The molecule has 0 fully saturated rings. The van der Waals surface area contributed by atoms with Gasteiger partial charge in [-0.2, -0.15) is 10.2 Å². The van der Waals surface area contributed by atoms with Crippen LogP contribution in [-0.4, -0.2) is 25.9 Å². The zero-order chi connectivity index (χ0) is 15.7. The SMILES string of the molecule is Cc1nn(C)c(C)c1CCC(=O)Nc1ccc2cn[nH]c2c1. The molecule has 3 aromatic rings. The molecule has 0 radical (unpaired) electrons. The van der Waals surface area contributed by atoms with E-state index in [1.54, 1.807) is 6.20 Å². The van der Waals surface area contributed by atoms with E-state index in [-0.39, 0.29) is 5.91 Å². The first-order valence-electron chi connectivity index (χ1n) is 7.26. The number of H-pyrrole nitrogens is 1. The van der Waals surface area contributed by atoms with Crippen LogP contribution in [0.15, 0.2) is 24.4 Å². The van der Waals surface area contributed by atoms with Gasteiger partial charge in [-0.15, -0.1) is 0 Å². The van der Waals surface area contributed by atoms with Crippen LogP contribution in [-0.2, 0) is 18.3 Å². The van der Waals surface area contributed by atoms with E-state index < -0.39 is 0 Å². The topological polar surface area (TPSA) is 75.6 Å². The Labute approximate surface area is 128 Å². The van der Waals surface area contributed by atoms with E-state index in [1.807, 2.05) is 43.8 Å². The number of nitrogens with one attached hydrogen (secondary N) is 2. The Morgan fingerprint density at radius 1 is 1.36 bits per heavy atom. The van der Waals surface area contributed by atoms with Crippen LogP contribution in [0.5, 0.6) is 0 Å². The highest BCUT2D eigenvalue weighted by atomic mass is 16.1. The number of amides is 1. The van der Waals surface area contributed by atoms with Crippen LogP contribution in [0.25, 0.3) is 10.9 Å². The van der Waals surface area contributed by atoms with Crippen molar-refractivity contribution in [3.8, 4) is 0 Å². The Hall–Kier alpha value is -2.63.